The van der Waals surface area contributed by atoms with Crippen molar-refractivity contribution in [1.29, 1.82) is 0 Å². The predicted octanol–water partition coefficient (Wildman–Crippen LogP) is 1.92. The SMILES string of the molecule is O=C(c1sccc1-n1cccc1)N1CCN(c2ccc(S(=O)(=O)N3CCOCC3)cn2)CC1. The van der Waals surface area contributed by atoms with Gasteiger partial charge in [-0.3, -0.25) is 4.79 Å². The zero-order chi connectivity index (χ0) is 22.8. The first-order valence-corrected chi connectivity index (χ1v) is 13.1. The van der Waals surface area contributed by atoms with Gasteiger partial charge >= 0.3 is 0 Å². The Kier molecular flexibility index (Phi) is 6.19. The van der Waals surface area contributed by atoms with E-state index < -0.39 is 10.0 Å². The number of piperazine rings is 1. The van der Waals surface area contributed by atoms with E-state index >= 15 is 0 Å². The molecule has 174 valence electrons. The second-order valence-electron chi connectivity index (χ2n) is 7.87. The van der Waals surface area contributed by atoms with Gasteiger partial charge < -0.3 is 19.1 Å². The minimum atomic E-state index is -3.56. The van der Waals surface area contributed by atoms with E-state index in [1.54, 1.807) is 12.1 Å². The smallest absolute Gasteiger partial charge is 0.266 e. The van der Waals surface area contributed by atoms with Crippen LogP contribution in [0.3, 0.4) is 0 Å². The molecule has 0 N–H and O–H groups in total. The summed E-state index contributed by atoms with van der Waals surface area (Å²) < 4.78 is 34.2. The molecule has 2 saturated heterocycles. The first kappa shape index (κ1) is 22.1. The lowest BCUT2D eigenvalue weighted by Gasteiger charge is -2.35. The second kappa shape index (κ2) is 9.26. The number of nitrogens with zero attached hydrogens (tertiary/aromatic N) is 5. The quantitative estimate of drug-likeness (QED) is 0.547. The van der Waals surface area contributed by atoms with Crippen molar-refractivity contribution >= 4 is 33.1 Å². The molecule has 3 aromatic rings. The highest BCUT2D eigenvalue weighted by atomic mass is 32.2. The van der Waals surface area contributed by atoms with Crippen LogP contribution in [-0.4, -0.2) is 85.6 Å². The summed E-state index contributed by atoms with van der Waals surface area (Å²) in [6.45, 7) is 3.97. The number of carbonyl (C=O) groups is 1. The van der Waals surface area contributed by atoms with Crippen LogP contribution in [0.4, 0.5) is 5.82 Å². The number of ether oxygens (including phenoxy) is 1. The average molecular weight is 488 g/mol. The zero-order valence-corrected chi connectivity index (χ0v) is 19.7. The average Bonchev–Trinajstić information content (AvgIpc) is 3.56. The van der Waals surface area contributed by atoms with Crippen molar-refractivity contribution in [3.8, 4) is 5.69 Å². The van der Waals surface area contributed by atoms with Gasteiger partial charge in [0.1, 0.15) is 15.6 Å². The Labute approximate surface area is 196 Å². The standard InChI is InChI=1S/C22H25N5O4S2/c28-22(21-19(5-16-32-21)24-6-1-2-7-24)26-10-8-25(9-11-26)20-4-3-18(17-23-20)33(29,30)27-12-14-31-15-13-27/h1-7,16-17H,8-15H2. The molecule has 5 rings (SSSR count). The summed E-state index contributed by atoms with van der Waals surface area (Å²) in [6.07, 6.45) is 5.30. The summed E-state index contributed by atoms with van der Waals surface area (Å²) in [5.74, 6) is 0.750. The van der Waals surface area contributed by atoms with E-state index in [0.717, 1.165) is 10.6 Å². The Morgan fingerprint density at radius 2 is 1.70 bits per heavy atom. The maximum Gasteiger partial charge on any atom is 0.266 e. The highest BCUT2D eigenvalue weighted by molar-refractivity contribution is 7.89. The molecule has 1 amide bonds. The molecule has 3 aromatic heterocycles. The van der Waals surface area contributed by atoms with Crippen molar-refractivity contribution in [3.05, 3.63) is 59.2 Å². The highest BCUT2D eigenvalue weighted by Gasteiger charge is 2.28. The molecule has 0 saturated carbocycles. The van der Waals surface area contributed by atoms with E-state index in [-0.39, 0.29) is 10.8 Å². The van der Waals surface area contributed by atoms with E-state index in [2.05, 4.69) is 9.88 Å². The third-order valence-electron chi connectivity index (χ3n) is 5.94. The van der Waals surface area contributed by atoms with Crippen molar-refractivity contribution in [2.24, 2.45) is 0 Å². The number of pyridine rings is 1. The largest absolute Gasteiger partial charge is 0.379 e. The second-order valence-corrected chi connectivity index (χ2v) is 10.7. The summed E-state index contributed by atoms with van der Waals surface area (Å²) in [5.41, 5.74) is 0.899. The van der Waals surface area contributed by atoms with Crippen LogP contribution in [0, 0.1) is 0 Å². The summed E-state index contributed by atoms with van der Waals surface area (Å²) in [7, 11) is -3.56. The van der Waals surface area contributed by atoms with E-state index in [1.165, 1.54) is 21.8 Å². The topological polar surface area (TPSA) is 88.0 Å². The molecule has 33 heavy (non-hydrogen) atoms. The predicted molar refractivity (Wildman–Crippen MR) is 126 cm³/mol. The van der Waals surface area contributed by atoms with Crippen LogP contribution in [0.1, 0.15) is 9.67 Å². The summed E-state index contributed by atoms with van der Waals surface area (Å²) in [6, 6.07) is 9.20. The molecule has 9 nitrogen and oxygen atoms in total. The van der Waals surface area contributed by atoms with Crippen molar-refractivity contribution in [1.82, 2.24) is 18.8 Å². The van der Waals surface area contributed by atoms with Gasteiger partial charge in [0.25, 0.3) is 5.91 Å². The van der Waals surface area contributed by atoms with Crippen LogP contribution in [0.5, 0.6) is 0 Å². The van der Waals surface area contributed by atoms with E-state index in [9.17, 15) is 13.2 Å². The van der Waals surface area contributed by atoms with Gasteiger partial charge in [0, 0.05) is 57.9 Å². The number of amides is 1. The molecule has 2 aliphatic heterocycles. The van der Waals surface area contributed by atoms with Gasteiger partial charge in [0.15, 0.2) is 0 Å². The number of thiophene rings is 1. The van der Waals surface area contributed by atoms with E-state index in [1.807, 2.05) is 45.4 Å². The van der Waals surface area contributed by atoms with Crippen LogP contribution < -0.4 is 4.90 Å². The maximum atomic E-state index is 13.1. The third-order valence-corrected chi connectivity index (χ3v) is 8.71. The lowest BCUT2D eigenvalue weighted by molar-refractivity contribution is 0.0730. The zero-order valence-electron chi connectivity index (χ0n) is 18.0. The minimum absolute atomic E-state index is 0.0354. The lowest BCUT2D eigenvalue weighted by Crippen LogP contribution is -2.49. The normalized spacial score (nSPS) is 17.9. The molecule has 11 heteroatoms. The Hall–Kier alpha value is -2.73. The number of sulfonamides is 1. The molecule has 0 unspecified atom stereocenters. The Balaban J connectivity index is 1.23. The number of morpholine rings is 1. The third kappa shape index (κ3) is 4.41. The van der Waals surface area contributed by atoms with E-state index in [4.69, 9.17) is 4.74 Å². The van der Waals surface area contributed by atoms with Crippen molar-refractivity contribution < 1.29 is 17.9 Å². The van der Waals surface area contributed by atoms with Gasteiger partial charge in [-0.1, -0.05) is 0 Å². The molecule has 0 atom stereocenters. The lowest BCUT2D eigenvalue weighted by atomic mass is 10.2. The molecule has 0 radical (unpaired) electrons. The molecule has 0 bridgehead atoms. The van der Waals surface area contributed by atoms with Crippen molar-refractivity contribution in [2.75, 3.05) is 57.4 Å². The van der Waals surface area contributed by atoms with Gasteiger partial charge in [-0.2, -0.15) is 4.31 Å². The van der Waals surface area contributed by atoms with Crippen LogP contribution >= 0.6 is 11.3 Å². The minimum Gasteiger partial charge on any atom is -0.379 e. The number of anilines is 1. The molecule has 2 fully saturated rings. The first-order chi connectivity index (χ1) is 16.0. The molecular formula is C22H25N5O4S2. The summed E-state index contributed by atoms with van der Waals surface area (Å²) in [4.78, 5) is 22.4. The fraction of sp³-hybridized carbons (Fsp3) is 0.364. The van der Waals surface area contributed by atoms with Crippen molar-refractivity contribution in [2.45, 2.75) is 4.90 Å². The molecule has 2 aliphatic rings. The maximum absolute atomic E-state index is 13.1. The number of hydrogen-bond acceptors (Lipinski definition) is 7. The fourth-order valence-corrected chi connectivity index (χ4v) is 6.30. The molecule has 5 heterocycles. The first-order valence-electron chi connectivity index (χ1n) is 10.8. The van der Waals surface area contributed by atoms with Crippen LogP contribution in [0.15, 0.2) is 59.2 Å². The van der Waals surface area contributed by atoms with Crippen LogP contribution in [0.25, 0.3) is 5.69 Å². The fourth-order valence-electron chi connectivity index (χ4n) is 4.09. The summed E-state index contributed by atoms with van der Waals surface area (Å²) in [5, 5.41) is 1.94. The number of carbonyl (C=O) groups excluding carboxylic acids is 1. The monoisotopic (exact) mass is 487 g/mol. The number of hydrogen-bond donors (Lipinski definition) is 0. The van der Waals surface area contributed by atoms with Gasteiger partial charge in [0.05, 0.1) is 18.9 Å². The Morgan fingerprint density at radius 1 is 0.970 bits per heavy atom. The van der Waals surface area contributed by atoms with Gasteiger partial charge in [0.2, 0.25) is 10.0 Å². The molecule has 0 aliphatic carbocycles. The Morgan fingerprint density at radius 3 is 2.36 bits per heavy atom. The molecular weight excluding hydrogens is 462 g/mol. The van der Waals surface area contributed by atoms with Crippen LogP contribution in [0.2, 0.25) is 0 Å². The number of aromatic nitrogens is 2. The molecule has 0 aromatic carbocycles. The van der Waals surface area contributed by atoms with Crippen molar-refractivity contribution in [3.63, 3.8) is 0 Å². The Bertz CT molecular complexity index is 1190. The van der Waals surface area contributed by atoms with Gasteiger partial charge in [-0.15, -0.1) is 11.3 Å². The van der Waals surface area contributed by atoms with E-state index in [0.29, 0.717) is 58.3 Å². The highest BCUT2D eigenvalue weighted by Crippen LogP contribution is 2.25. The van der Waals surface area contributed by atoms with Crippen LogP contribution in [-0.2, 0) is 14.8 Å². The van der Waals surface area contributed by atoms with Gasteiger partial charge in [-0.05, 0) is 35.7 Å². The number of rotatable bonds is 5. The van der Waals surface area contributed by atoms with Gasteiger partial charge in [-0.25, -0.2) is 13.4 Å². The molecule has 0 spiro atoms. The summed E-state index contributed by atoms with van der Waals surface area (Å²) >= 11 is 1.46.